The molecule has 0 radical (unpaired) electrons. The molecule has 0 aromatic heterocycles. The molecule has 74 valence electrons. The average molecular weight is 184 g/mol. The molecule has 0 fully saturated rings. The predicted molar refractivity (Wildman–Crippen MR) is 50.9 cm³/mol. The number of hydrogen-bond donors (Lipinski definition) is 0. The third-order valence-electron chi connectivity index (χ3n) is 1.53. The van der Waals surface area contributed by atoms with Crippen LogP contribution in [0, 0.1) is 0 Å². The summed E-state index contributed by atoms with van der Waals surface area (Å²) in [6.45, 7) is 9.14. The van der Waals surface area contributed by atoms with E-state index in [-0.39, 0.29) is 5.97 Å². The molecule has 0 rings (SSSR count). The van der Waals surface area contributed by atoms with Gasteiger partial charge in [-0.3, -0.25) is 0 Å². The zero-order chi connectivity index (χ0) is 10.3. The maximum Gasteiger partial charge on any atom is 0.337 e. The minimum atomic E-state index is -0.332. The van der Waals surface area contributed by atoms with Crippen LogP contribution >= 0.6 is 0 Å². The second-order valence-electron chi connectivity index (χ2n) is 2.60. The van der Waals surface area contributed by atoms with Crippen LogP contribution in [0.25, 0.3) is 0 Å². The summed E-state index contributed by atoms with van der Waals surface area (Å²) in [6.07, 6.45) is 2.10. The molecule has 0 N–H and O–H groups in total. The topological polar surface area (TPSA) is 35.5 Å². The largest absolute Gasteiger partial charge is 0.470 e. The van der Waals surface area contributed by atoms with E-state index in [1.54, 1.807) is 13.8 Å². The smallest absolute Gasteiger partial charge is 0.337 e. The Hall–Kier alpha value is -1.25. The van der Waals surface area contributed by atoms with E-state index >= 15 is 0 Å². The molecule has 0 aromatic rings. The summed E-state index contributed by atoms with van der Waals surface area (Å²) in [5.41, 5.74) is 0.480. The first-order valence-electron chi connectivity index (χ1n) is 4.25. The van der Waals surface area contributed by atoms with Gasteiger partial charge in [-0.05, 0) is 20.3 Å². The molecule has 3 nitrogen and oxygen atoms in total. The van der Waals surface area contributed by atoms with Crippen LogP contribution in [0.2, 0.25) is 0 Å². The van der Waals surface area contributed by atoms with Crippen molar-refractivity contribution >= 4 is 5.97 Å². The Kier molecular flexibility index (Phi) is 5.68. The van der Waals surface area contributed by atoms with Gasteiger partial charge in [0, 0.05) is 0 Å². The van der Waals surface area contributed by atoms with Crippen molar-refractivity contribution in [3.05, 3.63) is 24.2 Å². The van der Waals surface area contributed by atoms with Crippen LogP contribution in [-0.4, -0.2) is 12.6 Å². The van der Waals surface area contributed by atoms with Gasteiger partial charge in [-0.2, -0.15) is 0 Å². The summed E-state index contributed by atoms with van der Waals surface area (Å²) in [7, 11) is 0. The van der Waals surface area contributed by atoms with E-state index in [0.29, 0.717) is 17.9 Å². The van der Waals surface area contributed by atoms with Crippen LogP contribution in [0.3, 0.4) is 0 Å². The van der Waals surface area contributed by atoms with Crippen molar-refractivity contribution in [3.8, 4) is 0 Å². The van der Waals surface area contributed by atoms with Gasteiger partial charge in [0.15, 0.2) is 0 Å². The maximum atomic E-state index is 11.2. The highest BCUT2D eigenvalue weighted by Crippen LogP contribution is 2.07. The number of rotatable bonds is 5. The highest BCUT2D eigenvalue weighted by Gasteiger charge is 2.08. The zero-order valence-electron chi connectivity index (χ0n) is 8.42. The number of carbonyl (C=O) groups excluding carboxylic acids is 1. The molecule has 0 aliphatic rings. The van der Waals surface area contributed by atoms with E-state index < -0.39 is 0 Å². The summed E-state index contributed by atoms with van der Waals surface area (Å²) < 4.78 is 9.86. The lowest BCUT2D eigenvalue weighted by atomic mass is 10.3. The van der Waals surface area contributed by atoms with Crippen LogP contribution in [-0.2, 0) is 14.3 Å². The lowest BCUT2D eigenvalue weighted by Gasteiger charge is -2.06. The normalized spacial score (nSPS) is 11.6. The van der Waals surface area contributed by atoms with Crippen LogP contribution in [0.1, 0.15) is 27.2 Å². The van der Waals surface area contributed by atoms with Gasteiger partial charge in [0.05, 0.1) is 18.4 Å². The SMILES string of the molecule is C=CO/C(C)=C(\C)C(=O)OCCC. The first-order chi connectivity index (χ1) is 6.13. The van der Waals surface area contributed by atoms with E-state index in [0.717, 1.165) is 6.42 Å². The van der Waals surface area contributed by atoms with Gasteiger partial charge in [-0.1, -0.05) is 13.5 Å². The number of hydrogen-bond acceptors (Lipinski definition) is 3. The van der Waals surface area contributed by atoms with Crippen molar-refractivity contribution in [2.45, 2.75) is 27.2 Å². The molecule has 0 heterocycles. The number of ether oxygens (including phenoxy) is 2. The minimum absolute atomic E-state index is 0.332. The fourth-order valence-corrected chi connectivity index (χ4v) is 0.660. The Morgan fingerprint density at radius 3 is 2.54 bits per heavy atom. The van der Waals surface area contributed by atoms with Gasteiger partial charge in [0.25, 0.3) is 0 Å². The fourth-order valence-electron chi connectivity index (χ4n) is 0.660. The van der Waals surface area contributed by atoms with Crippen molar-refractivity contribution in [3.63, 3.8) is 0 Å². The summed E-state index contributed by atoms with van der Waals surface area (Å²) in [5.74, 6) is 0.192. The highest BCUT2D eigenvalue weighted by molar-refractivity contribution is 5.88. The molecule has 13 heavy (non-hydrogen) atoms. The third-order valence-corrected chi connectivity index (χ3v) is 1.53. The monoisotopic (exact) mass is 184 g/mol. The van der Waals surface area contributed by atoms with Crippen molar-refractivity contribution in [2.24, 2.45) is 0 Å². The summed E-state index contributed by atoms with van der Waals surface area (Å²) in [5, 5.41) is 0. The van der Waals surface area contributed by atoms with Crippen molar-refractivity contribution in [2.75, 3.05) is 6.61 Å². The van der Waals surface area contributed by atoms with E-state index in [2.05, 4.69) is 6.58 Å². The standard InChI is InChI=1S/C10H16O3/c1-5-7-13-10(11)8(3)9(4)12-6-2/h6H,2,5,7H2,1,3-4H3/b9-8+. The summed E-state index contributed by atoms with van der Waals surface area (Å²) in [6, 6.07) is 0. The van der Waals surface area contributed by atoms with Crippen LogP contribution in [0.15, 0.2) is 24.2 Å². The van der Waals surface area contributed by atoms with E-state index in [1.807, 2.05) is 6.92 Å². The zero-order valence-corrected chi connectivity index (χ0v) is 8.42. The van der Waals surface area contributed by atoms with Crippen LogP contribution in [0.5, 0.6) is 0 Å². The Balaban J connectivity index is 4.21. The molecule has 0 bridgehead atoms. The second kappa shape index (κ2) is 6.29. The molecule has 0 aromatic carbocycles. The first-order valence-corrected chi connectivity index (χ1v) is 4.25. The number of carbonyl (C=O) groups is 1. The first kappa shape index (κ1) is 11.8. The minimum Gasteiger partial charge on any atom is -0.470 e. The molecule has 3 heteroatoms. The van der Waals surface area contributed by atoms with Gasteiger partial charge in [-0.15, -0.1) is 0 Å². The van der Waals surface area contributed by atoms with E-state index in [4.69, 9.17) is 9.47 Å². The second-order valence-corrected chi connectivity index (χ2v) is 2.60. The molecular formula is C10H16O3. The Morgan fingerprint density at radius 2 is 2.08 bits per heavy atom. The highest BCUT2D eigenvalue weighted by atomic mass is 16.5. The average Bonchev–Trinajstić information content (AvgIpc) is 2.13. The van der Waals surface area contributed by atoms with Gasteiger partial charge < -0.3 is 9.47 Å². The number of allylic oxidation sites excluding steroid dienone is 1. The van der Waals surface area contributed by atoms with Gasteiger partial charge in [-0.25, -0.2) is 4.79 Å². The molecular weight excluding hydrogens is 168 g/mol. The molecule has 0 amide bonds. The molecule has 0 aliphatic heterocycles. The van der Waals surface area contributed by atoms with Gasteiger partial charge in [0.2, 0.25) is 0 Å². The molecule has 0 spiro atoms. The van der Waals surface area contributed by atoms with Gasteiger partial charge in [0.1, 0.15) is 5.76 Å². The predicted octanol–water partition coefficient (Wildman–Crippen LogP) is 2.39. The van der Waals surface area contributed by atoms with Crippen molar-refractivity contribution in [1.82, 2.24) is 0 Å². The van der Waals surface area contributed by atoms with Crippen LogP contribution < -0.4 is 0 Å². The Labute approximate surface area is 79.0 Å². The molecule has 0 saturated carbocycles. The van der Waals surface area contributed by atoms with Crippen molar-refractivity contribution in [1.29, 1.82) is 0 Å². The van der Waals surface area contributed by atoms with Crippen LogP contribution in [0.4, 0.5) is 0 Å². The third kappa shape index (κ3) is 4.35. The lowest BCUT2D eigenvalue weighted by Crippen LogP contribution is -2.08. The summed E-state index contributed by atoms with van der Waals surface area (Å²) >= 11 is 0. The van der Waals surface area contributed by atoms with Gasteiger partial charge >= 0.3 is 5.97 Å². The number of esters is 1. The maximum absolute atomic E-state index is 11.2. The Morgan fingerprint density at radius 1 is 1.46 bits per heavy atom. The fraction of sp³-hybridized carbons (Fsp3) is 0.500. The lowest BCUT2D eigenvalue weighted by molar-refractivity contribution is -0.139. The molecule has 0 atom stereocenters. The molecule has 0 saturated heterocycles. The van der Waals surface area contributed by atoms with E-state index in [9.17, 15) is 4.79 Å². The summed E-state index contributed by atoms with van der Waals surface area (Å²) in [4.78, 5) is 11.2. The van der Waals surface area contributed by atoms with Crippen molar-refractivity contribution < 1.29 is 14.3 Å². The molecule has 0 unspecified atom stereocenters. The Bertz CT molecular complexity index is 216. The quantitative estimate of drug-likeness (QED) is 0.374. The molecule has 0 aliphatic carbocycles. The van der Waals surface area contributed by atoms with E-state index in [1.165, 1.54) is 6.26 Å².